The van der Waals surface area contributed by atoms with Gasteiger partial charge < -0.3 is 14.6 Å². The Kier molecular flexibility index (Phi) is 3.10. The highest BCUT2D eigenvalue weighted by Gasteiger charge is 2.84. The Morgan fingerprint density at radius 3 is 2.69 bits per heavy atom. The molecule has 172 valence electrons. The van der Waals surface area contributed by atoms with Crippen LogP contribution in [0.4, 0.5) is 0 Å². The monoisotopic (exact) mass is 435 g/mol. The molecule has 5 aliphatic carbocycles. The van der Waals surface area contributed by atoms with Gasteiger partial charge >= 0.3 is 0 Å². The SMILES string of the molecule is CC1(C)O[C@]23CC[C@@]4(CC2C1(C)C)[C@H]1Cc2ccc(O)c5c2[C@@]4(CCN1CC1CC1)[C@H]3O5. The zero-order chi connectivity index (χ0) is 21.9. The van der Waals surface area contributed by atoms with Crippen molar-refractivity contribution in [1.82, 2.24) is 4.90 Å². The molecule has 0 aromatic heterocycles. The number of nitrogens with zero attached hydrogens (tertiary/aromatic N) is 1. The van der Waals surface area contributed by atoms with Gasteiger partial charge in [0.25, 0.3) is 0 Å². The van der Waals surface area contributed by atoms with Crippen LogP contribution in [0.3, 0.4) is 0 Å². The van der Waals surface area contributed by atoms with Crippen LogP contribution in [0.15, 0.2) is 12.1 Å². The van der Waals surface area contributed by atoms with E-state index in [0.29, 0.717) is 17.7 Å². The van der Waals surface area contributed by atoms with Gasteiger partial charge in [0.05, 0.1) is 5.60 Å². The van der Waals surface area contributed by atoms with E-state index in [2.05, 4.69) is 38.7 Å². The van der Waals surface area contributed by atoms with Crippen molar-refractivity contribution in [2.75, 3.05) is 13.1 Å². The van der Waals surface area contributed by atoms with Gasteiger partial charge in [-0.05, 0) is 88.3 Å². The summed E-state index contributed by atoms with van der Waals surface area (Å²) in [5, 5.41) is 10.9. The lowest BCUT2D eigenvalue weighted by Crippen LogP contribution is -2.80. The second-order valence-corrected chi connectivity index (χ2v) is 13.5. The number of piperidine rings is 1. The zero-order valence-electron chi connectivity index (χ0n) is 20.0. The molecule has 4 heteroatoms. The number of likely N-dealkylation sites (tertiary alicyclic amines) is 1. The van der Waals surface area contributed by atoms with Crippen LogP contribution in [0.2, 0.25) is 0 Å². The first kappa shape index (κ1) is 19.1. The molecular formula is C28H37NO3. The first-order valence-corrected chi connectivity index (χ1v) is 13.1. The number of ether oxygens (including phenoxy) is 2. The summed E-state index contributed by atoms with van der Waals surface area (Å²) in [6.45, 7) is 12.0. The van der Waals surface area contributed by atoms with Crippen LogP contribution in [0.5, 0.6) is 11.5 Å². The Morgan fingerprint density at radius 1 is 1.09 bits per heavy atom. The summed E-state index contributed by atoms with van der Waals surface area (Å²) >= 11 is 0. The van der Waals surface area contributed by atoms with Crippen LogP contribution >= 0.6 is 0 Å². The average Bonchev–Trinajstić information content (AvgIpc) is 3.44. The fraction of sp³-hybridized carbons (Fsp3) is 0.786. The summed E-state index contributed by atoms with van der Waals surface area (Å²) in [5.41, 5.74) is 2.74. The normalized spacial score (nSPS) is 48.3. The molecule has 3 aliphatic heterocycles. The number of hydrogen-bond donors (Lipinski definition) is 1. The standard InChI is InChI=1S/C28H37NO3/c1-24(2)19-14-26-9-10-28(19,32-25(24,3)4)23-27(26)11-12-29(15-16-5-6-16)20(26)13-17-7-8-18(30)22(31-23)21(17)27/h7-8,16,19-20,23,30H,5-6,9-15H2,1-4H3/t19?,20-,23-,26-,27+,28-/m1/s1. The molecule has 0 radical (unpaired) electrons. The number of fused-ring (bicyclic) bond motifs is 1. The number of phenols is 1. The number of phenolic OH excluding ortho intramolecular Hbond substituents is 1. The molecule has 4 nitrogen and oxygen atoms in total. The number of benzene rings is 1. The van der Waals surface area contributed by atoms with Crippen LogP contribution in [0, 0.1) is 22.7 Å². The Bertz CT molecular complexity index is 1060. The van der Waals surface area contributed by atoms with E-state index in [1.807, 2.05) is 6.07 Å². The molecule has 3 heterocycles. The first-order chi connectivity index (χ1) is 15.2. The van der Waals surface area contributed by atoms with Gasteiger partial charge in [0.2, 0.25) is 0 Å². The highest BCUT2D eigenvalue weighted by atomic mass is 16.6. The Morgan fingerprint density at radius 2 is 1.91 bits per heavy atom. The highest BCUT2D eigenvalue weighted by molar-refractivity contribution is 5.63. The molecule has 1 aromatic rings. The minimum atomic E-state index is -0.238. The molecule has 4 bridgehead atoms. The van der Waals surface area contributed by atoms with Crippen LogP contribution < -0.4 is 4.74 Å². The van der Waals surface area contributed by atoms with E-state index in [-0.39, 0.29) is 33.6 Å². The Balaban J connectivity index is 1.40. The molecule has 0 amide bonds. The molecule has 8 aliphatic rings. The minimum Gasteiger partial charge on any atom is -0.504 e. The molecule has 32 heavy (non-hydrogen) atoms. The second-order valence-electron chi connectivity index (χ2n) is 13.5. The van der Waals surface area contributed by atoms with Crippen molar-refractivity contribution in [2.24, 2.45) is 22.7 Å². The van der Waals surface area contributed by atoms with E-state index in [1.54, 1.807) is 0 Å². The molecular weight excluding hydrogens is 398 g/mol. The summed E-state index contributed by atoms with van der Waals surface area (Å²) in [5.74, 6) is 2.56. The lowest BCUT2D eigenvalue weighted by Gasteiger charge is -2.73. The zero-order valence-corrected chi connectivity index (χ0v) is 20.0. The highest BCUT2D eigenvalue weighted by Crippen LogP contribution is 2.80. The summed E-state index contributed by atoms with van der Waals surface area (Å²) in [6, 6.07) is 4.70. The third-order valence-corrected chi connectivity index (χ3v) is 12.1. The fourth-order valence-electron chi connectivity index (χ4n) is 10.1. The maximum atomic E-state index is 10.9. The third-order valence-electron chi connectivity index (χ3n) is 12.1. The van der Waals surface area contributed by atoms with E-state index in [9.17, 15) is 5.11 Å². The summed E-state index contributed by atoms with van der Waals surface area (Å²) < 4.78 is 14.2. The predicted octanol–water partition coefficient (Wildman–Crippen LogP) is 4.81. The van der Waals surface area contributed by atoms with Gasteiger partial charge in [-0.3, -0.25) is 4.90 Å². The second kappa shape index (κ2) is 5.20. The molecule has 6 atom stereocenters. The number of rotatable bonds is 2. The quantitative estimate of drug-likeness (QED) is 0.724. The van der Waals surface area contributed by atoms with Crippen molar-refractivity contribution in [3.8, 4) is 11.5 Å². The van der Waals surface area contributed by atoms with Gasteiger partial charge in [0.1, 0.15) is 11.7 Å². The average molecular weight is 436 g/mol. The molecule has 3 spiro atoms. The van der Waals surface area contributed by atoms with Crippen LogP contribution in [-0.4, -0.2) is 46.4 Å². The number of hydrogen-bond acceptors (Lipinski definition) is 4. The van der Waals surface area contributed by atoms with Crippen molar-refractivity contribution < 1.29 is 14.6 Å². The van der Waals surface area contributed by atoms with Crippen molar-refractivity contribution in [3.63, 3.8) is 0 Å². The van der Waals surface area contributed by atoms with E-state index in [1.165, 1.54) is 49.9 Å². The van der Waals surface area contributed by atoms with Gasteiger partial charge in [-0.1, -0.05) is 19.9 Å². The molecule has 1 N–H and O–H groups in total. The van der Waals surface area contributed by atoms with Gasteiger partial charge in [0, 0.05) is 34.9 Å². The smallest absolute Gasteiger partial charge is 0.165 e. The third kappa shape index (κ3) is 1.74. The first-order valence-electron chi connectivity index (χ1n) is 13.1. The van der Waals surface area contributed by atoms with Crippen molar-refractivity contribution in [2.45, 2.75) is 101 Å². The van der Waals surface area contributed by atoms with Crippen molar-refractivity contribution in [3.05, 3.63) is 23.3 Å². The van der Waals surface area contributed by atoms with Crippen LogP contribution in [0.1, 0.15) is 77.3 Å². The lowest BCUT2D eigenvalue weighted by molar-refractivity contribution is -0.272. The minimum absolute atomic E-state index is 0.00459. The Labute approximate surface area is 191 Å². The molecule has 2 saturated heterocycles. The molecule has 1 unspecified atom stereocenters. The topological polar surface area (TPSA) is 41.9 Å². The van der Waals surface area contributed by atoms with Crippen LogP contribution in [0.25, 0.3) is 0 Å². The summed E-state index contributed by atoms with van der Waals surface area (Å²) in [4.78, 5) is 2.90. The molecule has 1 aromatic carbocycles. The maximum absolute atomic E-state index is 10.9. The van der Waals surface area contributed by atoms with E-state index in [0.717, 1.165) is 30.9 Å². The lowest BCUT2D eigenvalue weighted by atomic mass is 9.33. The fourth-order valence-corrected chi connectivity index (χ4v) is 10.1. The van der Waals surface area contributed by atoms with E-state index >= 15 is 0 Å². The van der Waals surface area contributed by atoms with Crippen molar-refractivity contribution in [1.29, 1.82) is 0 Å². The van der Waals surface area contributed by atoms with Gasteiger partial charge in [0.15, 0.2) is 11.5 Å². The van der Waals surface area contributed by atoms with E-state index in [4.69, 9.17) is 9.47 Å². The predicted molar refractivity (Wildman–Crippen MR) is 122 cm³/mol. The van der Waals surface area contributed by atoms with Crippen LogP contribution in [-0.2, 0) is 16.6 Å². The summed E-state index contributed by atoms with van der Waals surface area (Å²) in [6.07, 6.45) is 8.76. The van der Waals surface area contributed by atoms with Gasteiger partial charge in [-0.15, -0.1) is 0 Å². The van der Waals surface area contributed by atoms with Gasteiger partial charge in [-0.2, -0.15) is 0 Å². The Hall–Kier alpha value is -1.26. The molecule has 6 fully saturated rings. The maximum Gasteiger partial charge on any atom is 0.165 e. The molecule has 4 saturated carbocycles. The molecule has 9 rings (SSSR count). The van der Waals surface area contributed by atoms with Crippen molar-refractivity contribution >= 4 is 0 Å². The number of aromatic hydroxyl groups is 1. The van der Waals surface area contributed by atoms with E-state index < -0.39 is 0 Å². The van der Waals surface area contributed by atoms with Gasteiger partial charge in [-0.25, -0.2) is 0 Å². The largest absolute Gasteiger partial charge is 0.504 e. The summed E-state index contributed by atoms with van der Waals surface area (Å²) in [7, 11) is 0.